The lowest BCUT2D eigenvalue weighted by atomic mass is 9.83. The number of rotatable bonds is 4. The molecule has 20 heavy (non-hydrogen) atoms. The minimum absolute atomic E-state index is 0.0768. The zero-order valence-corrected chi connectivity index (χ0v) is 12.0. The second-order valence-corrected chi connectivity index (χ2v) is 6.07. The summed E-state index contributed by atoms with van der Waals surface area (Å²) in [6, 6.07) is 7.57. The molecule has 1 aromatic carbocycles. The van der Waals surface area contributed by atoms with E-state index in [1.807, 2.05) is 29.6 Å². The average molecular weight is 287 g/mol. The number of benzene rings is 1. The summed E-state index contributed by atoms with van der Waals surface area (Å²) in [7, 11) is 0. The largest absolute Gasteiger partial charge is 0.399 e. The highest BCUT2D eigenvalue weighted by Gasteiger charge is 2.21. The number of carbonyl (C=O) groups excluding carboxylic acids is 1. The van der Waals surface area contributed by atoms with Crippen molar-refractivity contribution in [3.8, 4) is 11.3 Å². The van der Waals surface area contributed by atoms with Crippen LogP contribution >= 0.6 is 11.3 Å². The molecule has 0 saturated heterocycles. The Morgan fingerprint density at radius 2 is 2.10 bits per heavy atom. The van der Waals surface area contributed by atoms with Gasteiger partial charge in [0.15, 0.2) is 5.13 Å². The summed E-state index contributed by atoms with van der Waals surface area (Å²) in [5.74, 6) is 0.652. The molecule has 1 aliphatic rings. The summed E-state index contributed by atoms with van der Waals surface area (Å²) >= 11 is 1.46. The van der Waals surface area contributed by atoms with Gasteiger partial charge in [-0.25, -0.2) is 4.98 Å². The van der Waals surface area contributed by atoms with Crippen LogP contribution in [0.3, 0.4) is 0 Å². The maximum absolute atomic E-state index is 11.8. The molecule has 0 unspecified atom stereocenters. The summed E-state index contributed by atoms with van der Waals surface area (Å²) in [5, 5.41) is 5.50. The Kier molecular flexibility index (Phi) is 3.69. The van der Waals surface area contributed by atoms with Crippen molar-refractivity contribution >= 4 is 28.1 Å². The Labute approximate surface area is 122 Å². The fraction of sp³-hybridized carbons (Fsp3) is 0.333. The molecular formula is C15H17N3OS. The number of carbonyl (C=O) groups is 1. The summed E-state index contributed by atoms with van der Waals surface area (Å²) in [6.45, 7) is 0. The Balaban J connectivity index is 1.64. The lowest BCUT2D eigenvalue weighted by molar-refractivity contribution is -0.117. The van der Waals surface area contributed by atoms with Gasteiger partial charge >= 0.3 is 0 Å². The van der Waals surface area contributed by atoms with Gasteiger partial charge in [-0.15, -0.1) is 11.3 Å². The quantitative estimate of drug-likeness (QED) is 0.845. The lowest BCUT2D eigenvalue weighted by Gasteiger charge is -2.24. The highest BCUT2D eigenvalue weighted by Crippen LogP contribution is 2.30. The van der Waals surface area contributed by atoms with Crippen molar-refractivity contribution in [2.24, 2.45) is 5.92 Å². The number of hydrogen-bond acceptors (Lipinski definition) is 4. The predicted octanol–water partition coefficient (Wildman–Crippen LogP) is 3.52. The molecule has 0 spiro atoms. The van der Waals surface area contributed by atoms with Crippen LogP contribution in [-0.2, 0) is 4.79 Å². The molecule has 3 N–H and O–H groups in total. The normalized spacial score (nSPS) is 14.8. The van der Waals surface area contributed by atoms with Crippen LogP contribution in [-0.4, -0.2) is 10.9 Å². The molecule has 2 aromatic rings. The summed E-state index contributed by atoms with van der Waals surface area (Å²) in [6.07, 6.45) is 4.25. The van der Waals surface area contributed by atoms with Gasteiger partial charge in [0.2, 0.25) is 5.91 Å². The van der Waals surface area contributed by atoms with Gasteiger partial charge in [0.1, 0.15) is 0 Å². The third-order valence-electron chi connectivity index (χ3n) is 3.66. The van der Waals surface area contributed by atoms with E-state index in [2.05, 4.69) is 10.3 Å². The first-order valence-corrected chi connectivity index (χ1v) is 7.70. The molecule has 1 heterocycles. The number of nitrogens with one attached hydrogen (secondary N) is 1. The fourth-order valence-electron chi connectivity index (χ4n) is 2.25. The average Bonchev–Trinajstić information content (AvgIpc) is 2.83. The van der Waals surface area contributed by atoms with E-state index in [0.717, 1.165) is 16.9 Å². The third kappa shape index (κ3) is 2.99. The van der Waals surface area contributed by atoms with Crippen molar-refractivity contribution < 1.29 is 4.79 Å². The van der Waals surface area contributed by atoms with Crippen LogP contribution in [0.5, 0.6) is 0 Å². The number of hydrogen-bond donors (Lipinski definition) is 2. The first-order valence-electron chi connectivity index (χ1n) is 6.82. The van der Waals surface area contributed by atoms with Crippen molar-refractivity contribution in [3.63, 3.8) is 0 Å². The number of amides is 1. The number of thiazole rings is 1. The highest BCUT2D eigenvalue weighted by atomic mass is 32.1. The van der Waals surface area contributed by atoms with Gasteiger partial charge in [0, 0.05) is 23.1 Å². The topological polar surface area (TPSA) is 68.0 Å². The van der Waals surface area contributed by atoms with Crippen LogP contribution in [0.1, 0.15) is 25.7 Å². The monoisotopic (exact) mass is 287 g/mol. The molecule has 104 valence electrons. The van der Waals surface area contributed by atoms with Crippen LogP contribution < -0.4 is 11.1 Å². The van der Waals surface area contributed by atoms with E-state index in [4.69, 9.17) is 5.73 Å². The minimum Gasteiger partial charge on any atom is -0.399 e. The Morgan fingerprint density at radius 1 is 1.35 bits per heavy atom. The molecule has 0 atom stereocenters. The molecule has 4 nitrogen and oxygen atoms in total. The number of nitrogens with two attached hydrogens (primary N) is 1. The molecule has 3 rings (SSSR count). The van der Waals surface area contributed by atoms with Crippen LogP contribution in [0.25, 0.3) is 11.3 Å². The minimum atomic E-state index is 0.0768. The van der Waals surface area contributed by atoms with Gasteiger partial charge in [-0.05, 0) is 30.9 Å². The first-order chi connectivity index (χ1) is 9.70. The second-order valence-electron chi connectivity index (χ2n) is 5.21. The SMILES string of the molecule is Nc1ccc(-c2csc(NC(=O)CC3CCC3)n2)cc1. The Morgan fingerprint density at radius 3 is 2.75 bits per heavy atom. The third-order valence-corrected chi connectivity index (χ3v) is 4.41. The van der Waals surface area contributed by atoms with E-state index >= 15 is 0 Å². The molecule has 1 aliphatic carbocycles. The molecule has 1 fully saturated rings. The van der Waals surface area contributed by atoms with Gasteiger partial charge in [0.25, 0.3) is 0 Å². The molecule has 0 bridgehead atoms. The van der Waals surface area contributed by atoms with Crippen molar-refractivity contribution in [1.82, 2.24) is 4.98 Å². The molecule has 0 radical (unpaired) electrons. The van der Waals surface area contributed by atoms with Crippen molar-refractivity contribution in [3.05, 3.63) is 29.6 Å². The van der Waals surface area contributed by atoms with Crippen LogP contribution in [0.4, 0.5) is 10.8 Å². The summed E-state index contributed by atoms with van der Waals surface area (Å²) in [4.78, 5) is 16.3. The lowest BCUT2D eigenvalue weighted by Crippen LogP contribution is -2.20. The van der Waals surface area contributed by atoms with Crippen LogP contribution in [0.15, 0.2) is 29.6 Å². The molecule has 1 amide bonds. The first kappa shape index (κ1) is 13.1. The van der Waals surface area contributed by atoms with Crippen molar-refractivity contribution in [2.45, 2.75) is 25.7 Å². The molecule has 1 aromatic heterocycles. The number of aromatic nitrogens is 1. The molecule has 1 saturated carbocycles. The van der Waals surface area contributed by atoms with Crippen molar-refractivity contribution in [1.29, 1.82) is 0 Å². The highest BCUT2D eigenvalue weighted by molar-refractivity contribution is 7.14. The smallest absolute Gasteiger partial charge is 0.226 e. The van der Waals surface area contributed by atoms with Gasteiger partial charge in [-0.1, -0.05) is 18.6 Å². The van der Waals surface area contributed by atoms with E-state index in [1.54, 1.807) is 0 Å². The van der Waals surface area contributed by atoms with Crippen LogP contribution in [0, 0.1) is 5.92 Å². The Bertz CT molecular complexity index is 602. The van der Waals surface area contributed by atoms with E-state index in [1.165, 1.54) is 30.6 Å². The second kappa shape index (κ2) is 5.63. The van der Waals surface area contributed by atoms with E-state index in [-0.39, 0.29) is 5.91 Å². The van der Waals surface area contributed by atoms with E-state index < -0.39 is 0 Å². The van der Waals surface area contributed by atoms with Crippen molar-refractivity contribution in [2.75, 3.05) is 11.1 Å². The zero-order chi connectivity index (χ0) is 13.9. The predicted molar refractivity (Wildman–Crippen MR) is 82.6 cm³/mol. The van der Waals surface area contributed by atoms with Gasteiger partial charge < -0.3 is 11.1 Å². The Hall–Kier alpha value is -1.88. The summed E-state index contributed by atoms with van der Waals surface area (Å²) in [5.41, 5.74) is 8.28. The standard InChI is InChI=1S/C15H17N3OS/c16-12-6-4-11(5-7-12)13-9-20-15(17-13)18-14(19)8-10-2-1-3-10/h4-7,9-10H,1-3,8,16H2,(H,17,18,19). The molecule has 0 aliphatic heterocycles. The van der Waals surface area contributed by atoms with Gasteiger partial charge in [0.05, 0.1) is 5.69 Å². The maximum Gasteiger partial charge on any atom is 0.226 e. The van der Waals surface area contributed by atoms with Gasteiger partial charge in [-0.2, -0.15) is 0 Å². The van der Waals surface area contributed by atoms with E-state index in [9.17, 15) is 4.79 Å². The summed E-state index contributed by atoms with van der Waals surface area (Å²) < 4.78 is 0. The zero-order valence-electron chi connectivity index (χ0n) is 11.1. The molecular weight excluding hydrogens is 270 g/mol. The number of nitrogen functional groups attached to an aromatic ring is 1. The van der Waals surface area contributed by atoms with Gasteiger partial charge in [-0.3, -0.25) is 4.79 Å². The number of nitrogens with zero attached hydrogens (tertiary/aromatic N) is 1. The number of anilines is 2. The molecule has 5 heteroatoms. The van der Waals surface area contributed by atoms with E-state index in [0.29, 0.717) is 17.5 Å². The maximum atomic E-state index is 11.8. The fourth-order valence-corrected chi connectivity index (χ4v) is 2.98. The van der Waals surface area contributed by atoms with Crippen LogP contribution in [0.2, 0.25) is 0 Å².